The molecule has 1 amide bonds. The highest BCUT2D eigenvalue weighted by Crippen LogP contribution is 2.27. The summed E-state index contributed by atoms with van der Waals surface area (Å²) in [7, 11) is -2.46. The Bertz CT molecular complexity index is 981. The first-order valence-corrected chi connectivity index (χ1v) is 9.40. The van der Waals surface area contributed by atoms with Crippen LogP contribution >= 0.6 is 0 Å². The first-order chi connectivity index (χ1) is 12.3. The fraction of sp³-hybridized carbons (Fsp3) is 0.211. The summed E-state index contributed by atoms with van der Waals surface area (Å²) >= 11 is 0. The molecule has 1 aliphatic rings. The number of amides is 1. The maximum absolute atomic E-state index is 13.5. The Morgan fingerprint density at radius 1 is 1.15 bits per heavy atom. The largest absolute Gasteiger partial charge is 0.496 e. The molecule has 2 aromatic rings. The molecular formula is C19H18FNO4S. The van der Waals surface area contributed by atoms with Crippen molar-refractivity contribution >= 4 is 15.9 Å². The van der Waals surface area contributed by atoms with Gasteiger partial charge in [-0.25, -0.2) is 17.1 Å². The van der Waals surface area contributed by atoms with Crippen molar-refractivity contribution in [1.29, 1.82) is 0 Å². The van der Waals surface area contributed by atoms with Crippen LogP contribution in [-0.4, -0.2) is 32.3 Å². The average Bonchev–Trinajstić information content (AvgIpc) is 2.96. The van der Waals surface area contributed by atoms with Gasteiger partial charge in [0.15, 0.2) is 0 Å². The molecule has 5 nitrogen and oxygen atoms in total. The molecule has 26 heavy (non-hydrogen) atoms. The third-order valence-corrected chi connectivity index (χ3v) is 5.95. The number of rotatable bonds is 5. The zero-order valence-corrected chi connectivity index (χ0v) is 15.2. The lowest BCUT2D eigenvalue weighted by atomic mass is 10.0. The monoisotopic (exact) mass is 375 g/mol. The van der Waals surface area contributed by atoms with Crippen molar-refractivity contribution in [3.05, 3.63) is 71.1 Å². The molecule has 0 fully saturated rings. The third-order valence-electron chi connectivity index (χ3n) is 4.19. The summed E-state index contributed by atoms with van der Waals surface area (Å²) in [5.74, 6) is -0.537. The summed E-state index contributed by atoms with van der Waals surface area (Å²) in [6, 6.07) is 10.4. The molecule has 3 rings (SSSR count). The number of nitrogens with zero attached hydrogens (tertiary/aromatic N) is 1. The lowest BCUT2D eigenvalue weighted by molar-refractivity contribution is -0.120. The highest BCUT2D eigenvalue weighted by Gasteiger charge is 2.33. The molecule has 0 saturated carbocycles. The number of hydrogen-bond acceptors (Lipinski definition) is 4. The minimum absolute atomic E-state index is 0.0608. The molecule has 1 heterocycles. The Morgan fingerprint density at radius 3 is 2.50 bits per heavy atom. The summed E-state index contributed by atoms with van der Waals surface area (Å²) in [4.78, 5) is 12.3. The topological polar surface area (TPSA) is 63.7 Å². The molecule has 0 radical (unpaired) electrons. The maximum Gasteiger partial charge on any atom is 0.267 e. The molecule has 1 aliphatic heterocycles. The quantitative estimate of drug-likeness (QED) is 0.806. The number of carbonyl (C=O) groups excluding carboxylic acids is 1. The van der Waals surface area contributed by atoms with Gasteiger partial charge in [0.05, 0.1) is 18.6 Å². The van der Waals surface area contributed by atoms with Crippen molar-refractivity contribution in [2.75, 3.05) is 13.7 Å². The van der Waals surface area contributed by atoms with Crippen LogP contribution in [0.1, 0.15) is 11.1 Å². The maximum atomic E-state index is 13.5. The van der Waals surface area contributed by atoms with Crippen molar-refractivity contribution in [2.24, 2.45) is 0 Å². The van der Waals surface area contributed by atoms with Gasteiger partial charge in [0.1, 0.15) is 11.6 Å². The van der Waals surface area contributed by atoms with Crippen molar-refractivity contribution in [3.63, 3.8) is 0 Å². The second-order valence-corrected chi connectivity index (χ2v) is 7.96. The first-order valence-electron chi connectivity index (χ1n) is 7.96. The predicted molar refractivity (Wildman–Crippen MR) is 94.8 cm³/mol. The number of halogens is 1. The van der Waals surface area contributed by atoms with Gasteiger partial charge in [0.2, 0.25) is 0 Å². The molecule has 0 atom stereocenters. The number of ether oxygens (including phenoxy) is 1. The molecule has 7 heteroatoms. The number of carbonyl (C=O) groups is 1. The molecule has 0 bridgehead atoms. The van der Waals surface area contributed by atoms with Crippen LogP contribution in [-0.2, 0) is 21.2 Å². The average molecular weight is 375 g/mol. The highest BCUT2D eigenvalue weighted by molar-refractivity contribution is 7.89. The second kappa shape index (κ2) is 6.92. The molecule has 0 unspecified atom stereocenters. The van der Waals surface area contributed by atoms with Crippen molar-refractivity contribution in [2.45, 2.75) is 18.2 Å². The Kier molecular flexibility index (Phi) is 4.82. The molecule has 0 N–H and O–H groups in total. The zero-order valence-electron chi connectivity index (χ0n) is 14.4. The second-order valence-electron chi connectivity index (χ2n) is 6.10. The van der Waals surface area contributed by atoms with Gasteiger partial charge in [0.25, 0.3) is 15.9 Å². The molecule has 0 aromatic heterocycles. The summed E-state index contributed by atoms with van der Waals surface area (Å²) < 4.78 is 45.0. The minimum Gasteiger partial charge on any atom is -0.496 e. The summed E-state index contributed by atoms with van der Waals surface area (Å²) in [6.45, 7) is 1.79. The van der Waals surface area contributed by atoms with Gasteiger partial charge >= 0.3 is 0 Å². The van der Waals surface area contributed by atoms with Gasteiger partial charge in [0, 0.05) is 11.6 Å². The number of sulfonamides is 1. The Morgan fingerprint density at radius 2 is 1.85 bits per heavy atom. The van der Waals surface area contributed by atoms with Crippen LogP contribution in [0.4, 0.5) is 4.39 Å². The Hall–Kier alpha value is -2.67. The summed E-state index contributed by atoms with van der Waals surface area (Å²) in [5, 5.41) is 0. The van der Waals surface area contributed by atoms with E-state index in [9.17, 15) is 17.6 Å². The van der Waals surface area contributed by atoms with E-state index in [0.717, 1.165) is 9.87 Å². The molecule has 0 aliphatic carbocycles. The van der Waals surface area contributed by atoms with Gasteiger partial charge in [-0.15, -0.1) is 0 Å². The van der Waals surface area contributed by atoms with Crippen LogP contribution in [0.2, 0.25) is 0 Å². The van der Waals surface area contributed by atoms with E-state index in [0.29, 0.717) is 16.9 Å². The Labute approximate surface area is 151 Å². The van der Waals surface area contributed by atoms with E-state index in [-0.39, 0.29) is 17.9 Å². The van der Waals surface area contributed by atoms with E-state index < -0.39 is 21.7 Å². The van der Waals surface area contributed by atoms with Gasteiger partial charge in [-0.2, -0.15) is 0 Å². The zero-order chi connectivity index (χ0) is 18.9. The third kappa shape index (κ3) is 3.48. The van der Waals surface area contributed by atoms with Gasteiger partial charge in [-0.3, -0.25) is 4.79 Å². The summed E-state index contributed by atoms with van der Waals surface area (Å²) in [6.07, 6.45) is 1.52. The molecule has 2 aromatic carbocycles. The number of aryl methyl sites for hydroxylation is 1. The minimum atomic E-state index is -3.93. The van der Waals surface area contributed by atoms with Crippen molar-refractivity contribution < 1.29 is 22.3 Å². The fourth-order valence-corrected chi connectivity index (χ4v) is 4.19. The SMILES string of the molecule is COc1ccc(F)cc1CC1=CC(=O)N(S(=O)(=O)c2ccc(C)cc2)C1. The summed E-state index contributed by atoms with van der Waals surface area (Å²) in [5.41, 5.74) is 2.06. The van der Waals surface area contributed by atoms with Crippen molar-refractivity contribution in [3.8, 4) is 5.75 Å². The van der Waals surface area contributed by atoms with Crippen LogP contribution in [0, 0.1) is 12.7 Å². The van der Waals surface area contributed by atoms with Crippen molar-refractivity contribution in [1.82, 2.24) is 4.31 Å². The van der Waals surface area contributed by atoms with E-state index in [2.05, 4.69) is 0 Å². The molecule has 136 valence electrons. The van der Waals surface area contributed by atoms with Crippen LogP contribution in [0.25, 0.3) is 0 Å². The molecular weight excluding hydrogens is 357 g/mol. The van der Waals surface area contributed by atoms with Crippen LogP contribution in [0.5, 0.6) is 5.75 Å². The van der Waals surface area contributed by atoms with Crippen LogP contribution in [0.3, 0.4) is 0 Å². The number of hydrogen-bond donors (Lipinski definition) is 0. The normalized spacial score (nSPS) is 14.5. The van der Waals surface area contributed by atoms with E-state index in [1.54, 1.807) is 12.1 Å². The van der Waals surface area contributed by atoms with E-state index in [1.165, 1.54) is 43.5 Å². The molecule has 0 saturated heterocycles. The van der Waals surface area contributed by atoms with Gasteiger partial charge < -0.3 is 4.74 Å². The lowest BCUT2D eigenvalue weighted by Gasteiger charge is -2.17. The smallest absolute Gasteiger partial charge is 0.267 e. The predicted octanol–water partition coefficient (Wildman–Crippen LogP) is 2.84. The lowest BCUT2D eigenvalue weighted by Crippen LogP contribution is -2.33. The molecule has 0 spiro atoms. The highest BCUT2D eigenvalue weighted by atomic mass is 32.2. The van der Waals surface area contributed by atoms with E-state index in [1.807, 2.05) is 6.92 Å². The first kappa shape index (κ1) is 18.1. The number of methoxy groups -OCH3 is 1. The van der Waals surface area contributed by atoms with Gasteiger partial charge in [-0.1, -0.05) is 17.7 Å². The van der Waals surface area contributed by atoms with Gasteiger partial charge in [-0.05, 0) is 49.2 Å². The van der Waals surface area contributed by atoms with Crippen LogP contribution in [0.15, 0.2) is 59.0 Å². The Balaban J connectivity index is 1.83. The van der Waals surface area contributed by atoms with Crippen LogP contribution < -0.4 is 4.74 Å². The fourth-order valence-electron chi connectivity index (χ4n) is 2.83. The van der Waals surface area contributed by atoms with E-state index >= 15 is 0 Å². The van der Waals surface area contributed by atoms with E-state index in [4.69, 9.17) is 4.74 Å². The standard InChI is InChI=1S/C19H18FNO4S/c1-13-3-6-17(7-4-13)26(23,24)21-12-14(10-19(21)22)9-15-11-16(20)5-8-18(15)25-2/h3-8,10-11H,9,12H2,1-2H3. The number of benzene rings is 2.